The van der Waals surface area contributed by atoms with Crippen molar-refractivity contribution in [3.8, 4) is 17.4 Å². The van der Waals surface area contributed by atoms with Crippen molar-refractivity contribution in [1.29, 1.82) is 0 Å². The Balaban J connectivity index is 1.26. The predicted octanol–water partition coefficient (Wildman–Crippen LogP) is 3.06. The number of benzene rings is 2. The highest BCUT2D eigenvalue weighted by atomic mass is 16.5. The summed E-state index contributed by atoms with van der Waals surface area (Å²) >= 11 is 0. The minimum Gasteiger partial charge on any atom is -0.491 e. The summed E-state index contributed by atoms with van der Waals surface area (Å²) in [7, 11) is 0. The molecule has 0 radical (unpaired) electrons. The Morgan fingerprint density at radius 2 is 1.75 bits per heavy atom. The monoisotopic (exact) mass is 433 g/mol. The molecule has 4 aromatic rings. The first-order valence-electron chi connectivity index (χ1n) is 10.6. The van der Waals surface area contributed by atoms with Crippen LogP contribution in [0.2, 0.25) is 0 Å². The van der Waals surface area contributed by atoms with Crippen LogP contribution in [0.25, 0.3) is 5.65 Å². The fourth-order valence-corrected chi connectivity index (χ4v) is 3.38. The molecule has 0 aliphatic carbocycles. The van der Waals surface area contributed by atoms with Gasteiger partial charge in [-0.05, 0) is 48.4 Å². The molecule has 2 atom stereocenters. The Bertz CT molecular complexity index is 1100. The zero-order valence-electron chi connectivity index (χ0n) is 17.7. The van der Waals surface area contributed by atoms with Crippen LogP contribution in [0.3, 0.4) is 0 Å². The summed E-state index contributed by atoms with van der Waals surface area (Å²) in [6.07, 6.45) is 3.54. The summed E-state index contributed by atoms with van der Waals surface area (Å²) in [5.41, 5.74) is 1.88. The third kappa shape index (κ3) is 5.85. The summed E-state index contributed by atoms with van der Waals surface area (Å²) in [5.74, 6) is 2.13. The second kappa shape index (κ2) is 10.8. The number of aromatic nitrogens is 2. The predicted molar refractivity (Wildman–Crippen MR) is 122 cm³/mol. The first-order valence-corrected chi connectivity index (χ1v) is 10.6. The van der Waals surface area contributed by atoms with E-state index in [4.69, 9.17) is 9.47 Å². The number of rotatable bonds is 11. The Morgan fingerprint density at radius 3 is 2.53 bits per heavy atom. The van der Waals surface area contributed by atoms with Crippen molar-refractivity contribution in [1.82, 2.24) is 14.7 Å². The average molecular weight is 434 g/mol. The molecule has 2 aromatic carbocycles. The van der Waals surface area contributed by atoms with E-state index in [1.807, 2.05) is 83.4 Å². The van der Waals surface area contributed by atoms with E-state index in [1.165, 1.54) is 0 Å². The van der Waals surface area contributed by atoms with Gasteiger partial charge < -0.3 is 25.0 Å². The third-order valence-electron chi connectivity index (χ3n) is 5.07. The van der Waals surface area contributed by atoms with E-state index in [1.54, 1.807) is 6.20 Å². The molecule has 7 nitrogen and oxygen atoms in total. The number of para-hydroxylation sites is 1. The molecule has 0 fully saturated rings. The lowest BCUT2D eigenvalue weighted by Crippen LogP contribution is -2.41. The standard InChI is InChI=1S/C25H27N3O4/c29-17-20(27-16-21(30)18-31-22-5-2-1-3-6-22)15-19-9-11-23(12-10-19)32-25-8-4-7-24-26-13-14-28(24)25/h1-14,20-21,27,29-30H,15-18H2/t20?,21-/m0/s1. The number of fused-ring (bicyclic) bond motifs is 1. The van der Waals surface area contributed by atoms with Crippen molar-refractivity contribution < 1.29 is 19.7 Å². The Labute approximate surface area is 186 Å². The zero-order valence-corrected chi connectivity index (χ0v) is 17.7. The molecule has 4 rings (SSSR count). The highest BCUT2D eigenvalue weighted by Crippen LogP contribution is 2.23. The average Bonchev–Trinajstić information content (AvgIpc) is 3.32. The number of nitrogens with one attached hydrogen (secondary N) is 1. The number of pyridine rings is 1. The first-order chi connectivity index (χ1) is 15.7. The number of aliphatic hydroxyl groups is 2. The number of nitrogens with zero attached hydrogens (tertiary/aromatic N) is 2. The molecule has 166 valence electrons. The van der Waals surface area contributed by atoms with Gasteiger partial charge in [-0.1, -0.05) is 36.4 Å². The normalized spacial score (nSPS) is 13.1. The number of hydrogen-bond acceptors (Lipinski definition) is 6. The van der Waals surface area contributed by atoms with Crippen LogP contribution in [-0.2, 0) is 6.42 Å². The van der Waals surface area contributed by atoms with Crippen LogP contribution in [0.5, 0.6) is 17.4 Å². The van der Waals surface area contributed by atoms with Gasteiger partial charge in [-0.2, -0.15) is 0 Å². The zero-order chi connectivity index (χ0) is 22.2. The van der Waals surface area contributed by atoms with Gasteiger partial charge in [-0.3, -0.25) is 4.40 Å². The van der Waals surface area contributed by atoms with Crippen molar-refractivity contribution in [2.45, 2.75) is 18.6 Å². The van der Waals surface area contributed by atoms with Gasteiger partial charge in [0.05, 0.1) is 6.61 Å². The molecule has 0 aliphatic rings. The first kappa shape index (κ1) is 21.8. The van der Waals surface area contributed by atoms with Crippen LogP contribution in [0.15, 0.2) is 85.2 Å². The molecule has 0 bridgehead atoms. The van der Waals surface area contributed by atoms with Crippen LogP contribution in [-0.4, -0.2) is 51.5 Å². The molecule has 7 heteroatoms. The summed E-state index contributed by atoms with van der Waals surface area (Å²) < 4.78 is 13.4. The fourth-order valence-electron chi connectivity index (χ4n) is 3.38. The van der Waals surface area contributed by atoms with Gasteiger partial charge in [0.2, 0.25) is 5.88 Å². The second-order valence-corrected chi connectivity index (χ2v) is 7.54. The minimum atomic E-state index is -0.675. The lowest BCUT2D eigenvalue weighted by molar-refractivity contribution is 0.0997. The lowest BCUT2D eigenvalue weighted by Gasteiger charge is -2.19. The van der Waals surface area contributed by atoms with Crippen LogP contribution >= 0.6 is 0 Å². The molecule has 0 spiro atoms. The molecule has 0 saturated carbocycles. The van der Waals surface area contributed by atoms with Crippen LogP contribution in [0.4, 0.5) is 0 Å². The van der Waals surface area contributed by atoms with Gasteiger partial charge in [-0.25, -0.2) is 4.98 Å². The van der Waals surface area contributed by atoms with Gasteiger partial charge in [0, 0.05) is 25.0 Å². The molecular formula is C25H27N3O4. The van der Waals surface area contributed by atoms with Crippen molar-refractivity contribution >= 4 is 5.65 Å². The molecule has 3 N–H and O–H groups in total. The van der Waals surface area contributed by atoms with E-state index in [2.05, 4.69) is 10.3 Å². The molecule has 2 aromatic heterocycles. The molecule has 1 unspecified atom stereocenters. The quantitative estimate of drug-likeness (QED) is 0.337. The third-order valence-corrected chi connectivity index (χ3v) is 5.07. The number of imidazole rings is 1. The van der Waals surface area contributed by atoms with Gasteiger partial charge >= 0.3 is 0 Å². The highest BCUT2D eigenvalue weighted by Gasteiger charge is 2.12. The van der Waals surface area contributed by atoms with E-state index in [9.17, 15) is 10.2 Å². The smallest absolute Gasteiger partial charge is 0.205 e. The largest absolute Gasteiger partial charge is 0.491 e. The summed E-state index contributed by atoms with van der Waals surface area (Å²) in [6.45, 7) is 0.478. The molecule has 0 amide bonds. The molecule has 0 aliphatic heterocycles. The SMILES string of the molecule is OCC(Cc1ccc(Oc2cccc3nccn23)cc1)NC[C@H](O)COc1ccccc1. The van der Waals surface area contributed by atoms with E-state index < -0.39 is 6.10 Å². The Hall–Kier alpha value is -3.39. The maximum absolute atomic E-state index is 10.2. The lowest BCUT2D eigenvalue weighted by atomic mass is 10.1. The maximum atomic E-state index is 10.2. The van der Waals surface area contributed by atoms with Crippen LogP contribution in [0.1, 0.15) is 5.56 Å². The minimum absolute atomic E-state index is 0.0346. The maximum Gasteiger partial charge on any atom is 0.205 e. The summed E-state index contributed by atoms with van der Waals surface area (Å²) in [5, 5.41) is 23.1. The molecule has 0 saturated heterocycles. The van der Waals surface area contributed by atoms with Crippen molar-refractivity contribution in [3.05, 3.63) is 90.8 Å². The van der Waals surface area contributed by atoms with E-state index in [-0.39, 0.29) is 19.3 Å². The van der Waals surface area contributed by atoms with Crippen molar-refractivity contribution in [2.75, 3.05) is 19.8 Å². The van der Waals surface area contributed by atoms with Gasteiger partial charge in [-0.15, -0.1) is 0 Å². The van der Waals surface area contributed by atoms with Crippen LogP contribution < -0.4 is 14.8 Å². The molecule has 32 heavy (non-hydrogen) atoms. The van der Waals surface area contributed by atoms with Gasteiger partial charge in [0.1, 0.15) is 29.9 Å². The van der Waals surface area contributed by atoms with E-state index in [0.29, 0.717) is 18.8 Å². The number of ether oxygens (including phenoxy) is 2. The fraction of sp³-hybridized carbons (Fsp3) is 0.240. The Morgan fingerprint density at radius 1 is 0.938 bits per heavy atom. The van der Waals surface area contributed by atoms with Gasteiger partial charge in [0.15, 0.2) is 0 Å². The van der Waals surface area contributed by atoms with E-state index in [0.717, 1.165) is 22.7 Å². The topological polar surface area (TPSA) is 88.3 Å². The summed E-state index contributed by atoms with van der Waals surface area (Å²) in [6, 6.07) is 22.7. The van der Waals surface area contributed by atoms with Crippen molar-refractivity contribution in [3.63, 3.8) is 0 Å². The Kier molecular flexibility index (Phi) is 7.34. The molecule has 2 heterocycles. The highest BCUT2D eigenvalue weighted by molar-refractivity contribution is 5.43. The van der Waals surface area contributed by atoms with Crippen LogP contribution in [0, 0.1) is 0 Å². The number of aliphatic hydroxyl groups excluding tert-OH is 2. The van der Waals surface area contributed by atoms with E-state index >= 15 is 0 Å². The summed E-state index contributed by atoms with van der Waals surface area (Å²) in [4.78, 5) is 4.26. The van der Waals surface area contributed by atoms with Crippen molar-refractivity contribution in [2.24, 2.45) is 0 Å². The molecular weight excluding hydrogens is 406 g/mol. The van der Waals surface area contributed by atoms with Gasteiger partial charge in [0.25, 0.3) is 0 Å². The number of hydrogen-bond donors (Lipinski definition) is 3. The second-order valence-electron chi connectivity index (χ2n) is 7.54.